The summed E-state index contributed by atoms with van der Waals surface area (Å²) >= 11 is 0. The van der Waals surface area contributed by atoms with Crippen molar-refractivity contribution in [2.24, 2.45) is 16.5 Å². The van der Waals surface area contributed by atoms with Gasteiger partial charge in [-0.25, -0.2) is 17.5 Å². The Bertz CT molecular complexity index is 2900. The molecule has 3 aromatic carbocycles. The normalized spacial score (nSPS) is 23.6. The van der Waals surface area contributed by atoms with Crippen LogP contribution in [0, 0.1) is 22.1 Å². The van der Waals surface area contributed by atoms with Crippen LogP contribution in [0.4, 0.5) is 21.5 Å². The number of hydrogen-bond acceptors (Lipinski definition) is 14. The number of nitrogens with one attached hydrogen (secondary N) is 3. The number of fused-ring (bicyclic) bond motifs is 1. The van der Waals surface area contributed by atoms with Gasteiger partial charge in [0.05, 0.1) is 40.3 Å². The summed E-state index contributed by atoms with van der Waals surface area (Å²) in [5.74, 6) is -0.125. The SMILES string of the molecule is CC(C)c1ccccc1[C@H]1CCC[C@H]1N1CC2(CCN(c3ccc(C(=O)NS(=O)(=O)c4ccc(NCC5CCC(C)(O)CC5)c(N=O)c4)c(Oc4cc5c(F)c[nH]c5nc4OCCN4CCOCC4)c3)CC2)C1. The summed E-state index contributed by atoms with van der Waals surface area (Å²) in [6, 6.07) is 20.0. The summed E-state index contributed by atoms with van der Waals surface area (Å²) in [7, 11) is -4.56. The van der Waals surface area contributed by atoms with Crippen LogP contribution in [0.15, 0.2) is 83.0 Å². The third-order valence-electron chi connectivity index (χ3n) is 16.3. The zero-order valence-corrected chi connectivity index (χ0v) is 43.0. The number of aromatic nitrogens is 2. The van der Waals surface area contributed by atoms with E-state index in [-0.39, 0.29) is 62.5 Å². The van der Waals surface area contributed by atoms with Crippen molar-refractivity contribution in [1.29, 1.82) is 0 Å². The first kappa shape index (κ1) is 50.9. The van der Waals surface area contributed by atoms with Gasteiger partial charge >= 0.3 is 0 Å². The minimum absolute atomic E-state index is 0.0170. The summed E-state index contributed by atoms with van der Waals surface area (Å²) in [5.41, 5.74) is 3.67. The summed E-state index contributed by atoms with van der Waals surface area (Å²) in [6.45, 7) is 14.2. The van der Waals surface area contributed by atoms with E-state index in [1.807, 2.05) is 6.92 Å². The number of morpholine rings is 1. The fourth-order valence-electron chi connectivity index (χ4n) is 12.0. The quantitative estimate of drug-likeness (QED) is 0.0645. The lowest BCUT2D eigenvalue weighted by Gasteiger charge is -2.57. The topological polar surface area (TPSA) is 191 Å². The van der Waals surface area contributed by atoms with Gasteiger partial charge in [0.15, 0.2) is 5.75 Å². The number of sulfonamides is 1. The van der Waals surface area contributed by atoms with Gasteiger partial charge in [-0.3, -0.25) is 14.6 Å². The maximum Gasteiger partial charge on any atom is 0.268 e. The summed E-state index contributed by atoms with van der Waals surface area (Å²) in [5, 5.41) is 16.9. The van der Waals surface area contributed by atoms with Gasteiger partial charge in [-0.2, -0.15) is 4.98 Å². The zero-order valence-electron chi connectivity index (χ0n) is 42.2. The van der Waals surface area contributed by atoms with E-state index in [0.29, 0.717) is 62.7 Å². The largest absolute Gasteiger partial charge is 0.474 e. The van der Waals surface area contributed by atoms with E-state index in [1.54, 1.807) is 12.1 Å². The molecule has 10 rings (SSSR count). The molecule has 1 amide bonds. The number of nitroso groups, excluding NO2 is 1. The predicted octanol–water partition coefficient (Wildman–Crippen LogP) is 9.44. The molecule has 73 heavy (non-hydrogen) atoms. The van der Waals surface area contributed by atoms with Crippen molar-refractivity contribution >= 4 is 44.0 Å². The second-order valence-electron chi connectivity index (χ2n) is 21.7. The van der Waals surface area contributed by atoms with E-state index in [2.05, 4.69) is 78.0 Å². The predicted molar refractivity (Wildman–Crippen MR) is 279 cm³/mol. The number of nitrogens with zero attached hydrogens (tertiary/aromatic N) is 5. The van der Waals surface area contributed by atoms with E-state index in [1.165, 1.54) is 60.9 Å². The van der Waals surface area contributed by atoms with Crippen LogP contribution in [0.25, 0.3) is 11.0 Å². The molecule has 390 valence electrons. The number of pyridine rings is 1. The van der Waals surface area contributed by atoms with Gasteiger partial charge in [-0.1, -0.05) is 44.5 Å². The van der Waals surface area contributed by atoms with Crippen molar-refractivity contribution in [2.75, 3.05) is 82.4 Å². The molecule has 3 aliphatic heterocycles. The van der Waals surface area contributed by atoms with Gasteiger partial charge in [0, 0.05) is 82.4 Å². The molecule has 2 aromatic heterocycles. The Morgan fingerprint density at radius 1 is 0.973 bits per heavy atom. The number of ether oxygens (including phenoxy) is 3. The Morgan fingerprint density at radius 2 is 1.74 bits per heavy atom. The molecule has 2 saturated carbocycles. The molecular formula is C55H69FN8O8S. The Labute approximate surface area is 427 Å². The van der Waals surface area contributed by atoms with Crippen molar-refractivity contribution in [3.05, 3.63) is 100 Å². The van der Waals surface area contributed by atoms with Gasteiger partial charge in [0.1, 0.15) is 29.5 Å². The average molecular weight is 1020 g/mol. The third-order valence-corrected chi connectivity index (χ3v) is 17.7. The molecule has 4 N–H and O–H groups in total. The van der Waals surface area contributed by atoms with Crippen LogP contribution in [-0.2, 0) is 14.8 Å². The Kier molecular flexibility index (Phi) is 14.8. The fourth-order valence-corrected chi connectivity index (χ4v) is 13.0. The molecule has 2 atom stereocenters. The molecule has 2 aliphatic carbocycles. The highest BCUT2D eigenvalue weighted by Crippen LogP contribution is 2.49. The van der Waals surface area contributed by atoms with E-state index in [4.69, 9.17) is 14.2 Å². The highest BCUT2D eigenvalue weighted by molar-refractivity contribution is 7.90. The first-order valence-corrected chi connectivity index (χ1v) is 27.7. The van der Waals surface area contributed by atoms with Crippen molar-refractivity contribution < 1.29 is 36.9 Å². The Balaban J connectivity index is 0.880. The Hall–Kier alpha value is -5.66. The first-order valence-electron chi connectivity index (χ1n) is 26.2. The van der Waals surface area contributed by atoms with E-state index in [9.17, 15) is 23.2 Å². The number of hydrogen-bond donors (Lipinski definition) is 4. The average Bonchev–Trinajstić information content (AvgIpc) is 4.01. The number of aromatic amines is 1. The van der Waals surface area contributed by atoms with Crippen LogP contribution >= 0.6 is 0 Å². The number of piperidine rings is 1. The lowest BCUT2D eigenvalue weighted by molar-refractivity contribution is -0.0493. The zero-order chi connectivity index (χ0) is 50.9. The van der Waals surface area contributed by atoms with E-state index < -0.39 is 27.3 Å². The second kappa shape index (κ2) is 21.3. The monoisotopic (exact) mass is 1020 g/mol. The van der Waals surface area contributed by atoms with Crippen molar-refractivity contribution in [3.63, 3.8) is 0 Å². The van der Waals surface area contributed by atoms with Gasteiger partial charge in [-0.05, 0) is 128 Å². The van der Waals surface area contributed by atoms with Crippen LogP contribution in [0.3, 0.4) is 0 Å². The molecule has 16 nitrogen and oxygen atoms in total. The summed E-state index contributed by atoms with van der Waals surface area (Å²) in [4.78, 5) is 40.7. The number of halogens is 1. The van der Waals surface area contributed by atoms with Crippen LogP contribution in [0.5, 0.6) is 17.4 Å². The van der Waals surface area contributed by atoms with Crippen LogP contribution < -0.4 is 24.4 Å². The number of carbonyl (C=O) groups excluding carboxylic acids is 1. The smallest absolute Gasteiger partial charge is 0.268 e. The van der Waals surface area contributed by atoms with Gasteiger partial charge < -0.3 is 34.5 Å². The first-order chi connectivity index (χ1) is 35.2. The van der Waals surface area contributed by atoms with Crippen molar-refractivity contribution in [2.45, 2.75) is 107 Å². The maximum absolute atomic E-state index is 15.2. The second-order valence-corrected chi connectivity index (χ2v) is 23.4. The maximum atomic E-state index is 15.2. The number of carbonyl (C=O) groups is 1. The molecule has 5 heterocycles. The lowest BCUT2D eigenvalue weighted by atomic mass is 9.70. The summed E-state index contributed by atoms with van der Waals surface area (Å²) in [6.07, 6.45) is 9.81. The third kappa shape index (κ3) is 11.2. The Morgan fingerprint density at radius 3 is 2.49 bits per heavy atom. The van der Waals surface area contributed by atoms with Crippen molar-refractivity contribution in [3.8, 4) is 17.4 Å². The van der Waals surface area contributed by atoms with E-state index in [0.717, 1.165) is 76.7 Å². The molecule has 5 fully saturated rings. The standard InChI is InChI=1S/C55H69FN8O8S/c1-36(2)40-7-4-5-8-41(40)42-9-6-10-48(42)64-34-55(35-64)19-21-63(22-20-55)38-11-13-43(49(29-38)72-50-31-44-45(56)33-58-51(44)59-53(50)71-28-25-62-23-26-70-27-24-62)52(65)61-73(68,69)39-12-14-46(47(30-39)60-67)57-32-37-15-17-54(3,66)18-16-37/h4-5,7-8,11-14,29-31,33,36-37,42,48,57,66H,6,9-10,15-28,32,34-35H2,1-3H3,(H,58,59)(H,61,65)/t37?,42-,48-,54?/m1/s1. The van der Waals surface area contributed by atoms with Crippen LogP contribution in [0.2, 0.25) is 0 Å². The lowest BCUT2D eigenvalue weighted by Crippen LogP contribution is -2.63. The number of aliphatic hydroxyl groups is 1. The number of benzene rings is 3. The van der Waals surface area contributed by atoms with Crippen LogP contribution in [0.1, 0.15) is 112 Å². The number of likely N-dealkylation sites (tertiary alicyclic amines) is 1. The highest BCUT2D eigenvalue weighted by atomic mass is 32.2. The molecule has 0 radical (unpaired) electrons. The number of anilines is 2. The number of rotatable bonds is 17. The van der Waals surface area contributed by atoms with Gasteiger partial charge in [0.25, 0.3) is 21.8 Å². The summed E-state index contributed by atoms with van der Waals surface area (Å²) < 4.78 is 63.6. The van der Waals surface area contributed by atoms with Crippen LogP contribution in [-0.4, -0.2) is 123 Å². The molecular weight excluding hydrogens is 952 g/mol. The number of H-pyrrole nitrogens is 1. The molecule has 18 heteroatoms. The molecule has 0 unspecified atom stereocenters. The van der Waals surface area contributed by atoms with E-state index >= 15 is 4.39 Å². The number of amides is 1. The van der Waals surface area contributed by atoms with Crippen molar-refractivity contribution in [1.82, 2.24) is 24.5 Å². The highest BCUT2D eigenvalue weighted by Gasteiger charge is 2.49. The molecule has 0 bridgehead atoms. The molecule has 5 aromatic rings. The fraction of sp³-hybridized carbons (Fsp3) is 0.527. The minimum atomic E-state index is -4.56. The van der Waals surface area contributed by atoms with Gasteiger partial charge in [-0.15, -0.1) is 4.91 Å². The molecule has 3 saturated heterocycles. The minimum Gasteiger partial charge on any atom is -0.474 e. The van der Waals surface area contributed by atoms with Gasteiger partial charge in [0.2, 0.25) is 0 Å². The molecule has 1 spiro atoms. The molecule has 5 aliphatic rings.